The average Bonchev–Trinajstić information content (AvgIpc) is 2.53. The lowest BCUT2D eigenvalue weighted by atomic mass is 9.87. The van der Waals surface area contributed by atoms with Crippen LogP contribution in [-0.2, 0) is 4.79 Å². The lowest BCUT2D eigenvalue weighted by Crippen LogP contribution is -2.31. The first kappa shape index (κ1) is 17.1. The molecule has 1 atom stereocenters. The van der Waals surface area contributed by atoms with Gasteiger partial charge < -0.3 is 10.1 Å². The largest absolute Gasteiger partial charge is 0.496 e. The molecule has 0 bridgehead atoms. The summed E-state index contributed by atoms with van der Waals surface area (Å²) in [5.74, 6) is 0.851. The molecular weight excluding hydrogens is 286 g/mol. The quantitative estimate of drug-likeness (QED) is 0.874. The maximum Gasteiger partial charge on any atom is 0.221 e. The third-order valence-electron chi connectivity index (χ3n) is 3.80. The van der Waals surface area contributed by atoms with Crippen LogP contribution in [0.3, 0.4) is 0 Å². The number of aryl methyl sites for hydroxylation is 1. The third-order valence-corrected chi connectivity index (χ3v) is 3.80. The molecule has 0 aromatic heterocycles. The Morgan fingerprint density at radius 2 is 1.83 bits per heavy atom. The van der Waals surface area contributed by atoms with Gasteiger partial charge in [-0.05, 0) is 32.4 Å². The van der Waals surface area contributed by atoms with Crippen molar-refractivity contribution in [1.82, 2.24) is 5.32 Å². The predicted molar refractivity (Wildman–Crippen MR) is 93.9 cm³/mol. The van der Waals surface area contributed by atoms with Gasteiger partial charge in [-0.3, -0.25) is 4.79 Å². The van der Waals surface area contributed by atoms with Gasteiger partial charge in [0.2, 0.25) is 5.91 Å². The summed E-state index contributed by atoms with van der Waals surface area (Å²) in [6.45, 7) is 6.00. The number of methoxy groups -OCH3 is 1. The first-order valence-electron chi connectivity index (χ1n) is 8.00. The van der Waals surface area contributed by atoms with Gasteiger partial charge in [0.1, 0.15) is 5.75 Å². The fourth-order valence-corrected chi connectivity index (χ4v) is 2.79. The number of carbonyl (C=O) groups excluding carboxylic acids is 1. The molecule has 0 heterocycles. The van der Waals surface area contributed by atoms with Crippen molar-refractivity contribution in [2.24, 2.45) is 0 Å². The van der Waals surface area contributed by atoms with Gasteiger partial charge in [0.05, 0.1) is 7.11 Å². The van der Waals surface area contributed by atoms with Crippen molar-refractivity contribution in [3.05, 3.63) is 65.2 Å². The monoisotopic (exact) mass is 311 g/mol. The van der Waals surface area contributed by atoms with Crippen LogP contribution in [0.5, 0.6) is 5.75 Å². The topological polar surface area (TPSA) is 38.3 Å². The average molecular weight is 311 g/mol. The zero-order valence-corrected chi connectivity index (χ0v) is 14.3. The molecule has 23 heavy (non-hydrogen) atoms. The molecule has 1 amide bonds. The van der Waals surface area contributed by atoms with E-state index in [1.54, 1.807) is 7.11 Å². The first-order chi connectivity index (χ1) is 11.0. The Morgan fingerprint density at radius 1 is 1.13 bits per heavy atom. The van der Waals surface area contributed by atoms with Crippen molar-refractivity contribution in [2.75, 3.05) is 7.11 Å². The van der Waals surface area contributed by atoms with Gasteiger partial charge in [-0.1, -0.05) is 48.0 Å². The van der Waals surface area contributed by atoms with E-state index in [0.717, 1.165) is 22.4 Å². The van der Waals surface area contributed by atoms with E-state index >= 15 is 0 Å². The van der Waals surface area contributed by atoms with Crippen LogP contribution < -0.4 is 10.1 Å². The van der Waals surface area contributed by atoms with Crippen LogP contribution in [0.1, 0.15) is 42.9 Å². The second kappa shape index (κ2) is 7.82. The summed E-state index contributed by atoms with van der Waals surface area (Å²) in [6.07, 6.45) is 0.405. The summed E-state index contributed by atoms with van der Waals surface area (Å²) in [4.78, 5) is 12.3. The van der Waals surface area contributed by atoms with E-state index in [-0.39, 0.29) is 17.9 Å². The number of rotatable bonds is 6. The standard InChI is InChI=1S/C20H25NO2/c1-14(2)21-20(22)13-17(16-8-6-5-7-9-16)18-12-15(3)10-11-19(18)23-4/h5-12,14,17H,13H2,1-4H3,(H,21,22). The Balaban J connectivity index is 2.42. The molecule has 0 aliphatic heterocycles. The number of hydrogen-bond acceptors (Lipinski definition) is 2. The second-order valence-electron chi connectivity index (χ2n) is 6.14. The minimum Gasteiger partial charge on any atom is -0.496 e. The Kier molecular flexibility index (Phi) is 5.80. The normalized spacial score (nSPS) is 12.0. The SMILES string of the molecule is COc1ccc(C)cc1C(CC(=O)NC(C)C)c1ccccc1. The highest BCUT2D eigenvalue weighted by Gasteiger charge is 2.22. The maximum atomic E-state index is 12.3. The van der Waals surface area contributed by atoms with Crippen molar-refractivity contribution >= 4 is 5.91 Å². The highest BCUT2D eigenvalue weighted by atomic mass is 16.5. The van der Waals surface area contributed by atoms with Crippen LogP contribution in [0.4, 0.5) is 0 Å². The van der Waals surface area contributed by atoms with E-state index in [1.807, 2.05) is 44.2 Å². The van der Waals surface area contributed by atoms with Gasteiger partial charge in [0.25, 0.3) is 0 Å². The number of carbonyl (C=O) groups is 1. The van der Waals surface area contributed by atoms with E-state index in [2.05, 4.69) is 30.4 Å². The van der Waals surface area contributed by atoms with Gasteiger partial charge in [-0.25, -0.2) is 0 Å². The predicted octanol–water partition coefficient (Wildman–Crippen LogP) is 4.05. The fraction of sp³-hybridized carbons (Fsp3) is 0.350. The first-order valence-corrected chi connectivity index (χ1v) is 8.00. The van der Waals surface area contributed by atoms with Crippen molar-refractivity contribution in [1.29, 1.82) is 0 Å². The van der Waals surface area contributed by atoms with E-state index in [1.165, 1.54) is 0 Å². The molecule has 122 valence electrons. The van der Waals surface area contributed by atoms with Gasteiger partial charge >= 0.3 is 0 Å². The minimum atomic E-state index is -0.0233. The van der Waals surface area contributed by atoms with E-state index in [4.69, 9.17) is 4.74 Å². The minimum absolute atomic E-state index is 0.0233. The maximum absolute atomic E-state index is 12.3. The van der Waals surface area contributed by atoms with Gasteiger partial charge in [-0.2, -0.15) is 0 Å². The van der Waals surface area contributed by atoms with E-state index in [0.29, 0.717) is 6.42 Å². The highest BCUT2D eigenvalue weighted by Crippen LogP contribution is 2.35. The molecule has 0 spiro atoms. The summed E-state index contributed by atoms with van der Waals surface area (Å²) in [6, 6.07) is 16.4. The van der Waals surface area contributed by atoms with Crippen LogP contribution in [-0.4, -0.2) is 19.1 Å². The van der Waals surface area contributed by atoms with Crippen molar-refractivity contribution < 1.29 is 9.53 Å². The molecule has 3 heteroatoms. The van der Waals surface area contributed by atoms with Crippen LogP contribution in [0.15, 0.2) is 48.5 Å². The lowest BCUT2D eigenvalue weighted by molar-refractivity contribution is -0.121. The molecule has 0 aliphatic rings. The molecule has 0 saturated carbocycles. The number of hydrogen-bond donors (Lipinski definition) is 1. The summed E-state index contributed by atoms with van der Waals surface area (Å²) in [5, 5.41) is 2.99. The Labute approximate surface area is 138 Å². The highest BCUT2D eigenvalue weighted by molar-refractivity contribution is 5.78. The van der Waals surface area contributed by atoms with E-state index in [9.17, 15) is 4.79 Å². The van der Waals surface area contributed by atoms with E-state index < -0.39 is 0 Å². The lowest BCUT2D eigenvalue weighted by Gasteiger charge is -2.21. The van der Waals surface area contributed by atoms with Crippen LogP contribution in [0.2, 0.25) is 0 Å². The molecular formula is C20H25NO2. The number of nitrogens with one attached hydrogen (secondary N) is 1. The number of amides is 1. The van der Waals surface area contributed by atoms with Gasteiger partial charge in [0, 0.05) is 23.9 Å². The molecule has 1 N–H and O–H groups in total. The summed E-state index contributed by atoms with van der Waals surface area (Å²) >= 11 is 0. The zero-order valence-electron chi connectivity index (χ0n) is 14.3. The van der Waals surface area contributed by atoms with Gasteiger partial charge in [-0.15, -0.1) is 0 Å². The summed E-state index contributed by atoms with van der Waals surface area (Å²) < 4.78 is 5.53. The van der Waals surface area contributed by atoms with Crippen LogP contribution >= 0.6 is 0 Å². The van der Waals surface area contributed by atoms with Crippen molar-refractivity contribution in [2.45, 2.75) is 39.2 Å². The zero-order chi connectivity index (χ0) is 16.8. The van der Waals surface area contributed by atoms with Gasteiger partial charge in [0.15, 0.2) is 0 Å². The third kappa shape index (κ3) is 4.59. The molecule has 0 aliphatic carbocycles. The number of ether oxygens (including phenoxy) is 1. The number of benzene rings is 2. The molecule has 1 unspecified atom stereocenters. The molecule has 2 rings (SSSR count). The Hall–Kier alpha value is -2.29. The van der Waals surface area contributed by atoms with Crippen molar-refractivity contribution in [3.8, 4) is 5.75 Å². The molecule has 0 saturated heterocycles. The summed E-state index contributed by atoms with van der Waals surface area (Å²) in [7, 11) is 1.67. The Bertz CT molecular complexity index is 650. The molecule has 0 fully saturated rings. The molecule has 2 aromatic carbocycles. The summed E-state index contributed by atoms with van der Waals surface area (Å²) in [5.41, 5.74) is 3.33. The Morgan fingerprint density at radius 3 is 2.43 bits per heavy atom. The molecule has 3 nitrogen and oxygen atoms in total. The molecule has 0 radical (unpaired) electrons. The van der Waals surface area contributed by atoms with Crippen LogP contribution in [0, 0.1) is 6.92 Å². The second-order valence-corrected chi connectivity index (χ2v) is 6.14. The fourth-order valence-electron chi connectivity index (χ4n) is 2.79. The van der Waals surface area contributed by atoms with Crippen molar-refractivity contribution in [3.63, 3.8) is 0 Å². The smallest absolute Gasteiger partial charge is 0.221 e. The molecule has 2 aromatic rings. The van der Waals surface area contributed by atoms with Crippen LogP contribution in [0.25, 0.3) is 0 Å².